The van der Waals surface area contributed by atoms with E-state index in [0.29, 0.717) is 32.4 Å². The smallest absolute Gasteiger partial charge is 0.475 e. The number of likely N-dealkylation sites (tertiary alicyclic amines) is 1. The second kappa shape index (κ2) is 17.5. The number of rotatable bonds is 8. The van der Waals surface area contributed by atoms with Crippen molar-refractivity contribution in [2.75, 3.05) is 19.6 Å². The molecule has 3 atom stereocenters. The van der Waals surface area contributed by atoms with Crippen LogP contribution in [-0.4, -0.2) is 90.4 Å². The maximum Gasteiger partial charge on any atom is 0.490 e. The SMILES string of the molecule is O=C(CN1CCC(NS(=O)(=O)c2ccccc2)C1)NC1CCc2cc(F)ccc2C1Cc1cccnc1.O=C(O)C(F)(F)F.O=C(O)C(F)(F)F. The van der Waals surface area contributed by atoms with Crippen LogP contribution in [0.4, 0.5) is 30.7 Å². The fraction of sp³-hybridized carbons (Fsp3) is 0.375. The largest absolute Gasteiger partial charge is 0.490 e. The fourth-order valence-corrected chi connectivity index (χ4v) is 6.78. The molecule has 3 unspecified atom stereocenters. The number of pyridine rings is 1. The summed E-state index contributed by atoms with van der Waals surface area (Å²) in [6, 6.07) is 16.8. The summed E-state index contributed by atoms with van der Waals surface area (Å²) in [5.74, 6) is -5.83. The van der Waals surface area contributed by atoms with Crippen LogP contribution in [0.15, 0.2) is 78.0 Å². The van der Waals surface area contributed by atoms with Gasteiger partial charge in [-0.3, -0.25) is 14.7 Å². The Bertz CT molecular complexity index is 1720. The summed E-state index contributed by atoms with van der Waals surface area (Å²) in [6.07, 6.45) is -3.83. The van der Waals surface area contributed by atoms with Crippen molar-refractivity contribution >= 4 is 27.9 Å². The van der Waals surface area contributed by atoms with E-state index < -0.39 is 34.3 Å². The van der Waals surface area contributed by atoms with Gasteiger partial charge in [0.05, 0.1) is 11.4 Å². The van der Waals surface area contributed by atoms with Gasteiger partial charge in [-0.15, -0.1) is 0 Å². The van der Waals surface area contributed by atoms with Gasteiger partial charge in [0.15, 0.2) is 0 Å². The quantitative estimate of drug-likeness (QED) is 0.246. The van der Waals surface area contributed by atoms with Crippen molar-refractivity contribution < 1.29 is 63.7 Å². The molecule has 1 amide bonds. The first-order chi connectivity index (χ1) is 23.8. The van der Waals surface area contributed by atoms with Gasteiger partial charge in [-0.05, 0) is 72.7 Å². The average molecular weight is 751 g/mol. The van der Waals surface area contributed by atoms with E-state index in [1.54, 1.807) is 42.6 Å². The highest BCUT2D eigenvalue weighted by atomic mass is 32.2. The van der Waals surface area contributed by atoms with Crippen LogP contribution in [-0.2, 0) is 37.2 Å². The summed E-state index contributed by atoms with van der Waals surface area (Å²) in [5.41, 5.74) is 3.13. The monoisotopic (exact) mass is 750 g/mol. The maximum atomic E-state index is 13.9. The lowest BCUT2D eigenvalue weighted by Gasteiger charge is -2.35. The standard InChI is InChI=1S/C28H31FN4O3S.2C2HF3O2/c29-22-9-10-25-21(16-22)8-11-27(26(25)15-20-5-4-13-30-17-20)31-28(34)19-33-14-12-23(18-33)32-37(35,36)24-6-2-1-3-7-24;2*3-2(4,5)1(6)7/h1-7,9-10,13,16-17,23,26-27,32H,8,11-12,14-15,18-19H2,(H,31,34);2*(H,6,7). The number of hydrogen-bond donors (Lipinski definition) is 4. The zero-order valence-corrected chi connectivity index (χ0v) is 27.3. The number of amides is 1. The zero-order valence-electron chi connectivity index (χ0n) is 26.5. The molecule has 1 aliphatic carbocycles. The third kappa shape index (κ3) is 12.9. The number of aryl methyl sites for hydroxylation is 1. The first-order valence-electron chi connectivity index (χ1n) is 15.1. The molecule has 1 aliphatic heterocycles. The molecular weight excluding hydrogens is 717 g/mol. The summed E-state index contributed by atoms with van der Waals surface area (Å²) >= 11 is 0. The minimum atomic E-state index is -5.08. The molecule has 0 radical (unpaired) electrons. The fourth-order valence-electron chi connectivity index (χ4n) is 5.49. The van der Waals surface area contributed by atoms with E-state index in [0.717, 1.165) is 23.1 Å². The van der Waals surface area contributed by atoms with Gasteiger partial charge in [0, 0.05) is 43.5 Å². The number of nitrogens with one attached hydrogen (secondary N) is 2. The normalized spacial score (nSPS) is 19.0. The molecule has 0 saturated carbocycles. The Labute approximate surface area is 287 Å². The van der Waals surface area contributed by atoms with Gasteiger partial charge in [0.25, 0.3) is 0 Å². The molecule has 1 saturated heterocycles. The van der Waals surface area contributed by atoms with Crippen molar-refractivity contribution in [3.05, 3.63) is 95.6 Å². The van der Waals surface area contributed by atoms with Crippen LogP contribution < -0.4 is 10.0 Å². The number of sulfonamides is 1. The summed E-state index contributed by atoms with van der Waals surface area (Å²) in [6.45, 7) is 1.32. The van der Waals surface area contributed by atoms with E-state index in [2.05, 4.69) is 15.0 Å². The molecule has 1 fully saturated rings. The Morgan fingerprint density at radius 3 is 2.10 bits per heavy atom. The van der Waals surface area contributed by atoms with E-state index in [9.17, 15) is 43.9 Å². The van der Waals surface area contributed by atoms with Crippen LogP contribution in [0.25, 0.3) is 0 Å². The van der Waals surface area contributed by atoms with Crippen molar-refractivity contribution in [2.24, 2.45) is 0 Å². The van der Waals surface area contributed by atoms with Crippen molar-refractivity contribution in [2.45, 2.75) is 60.9 Å². The highest BCUT2D eigenvalue weighted by molar-refractivity contribution is 7.89. The van der Waals surface area contributed by atoms with Gasteiger partial charge in [-0.2, -0.15) is 26.3 Å². The van der Waals surface area contributed by atoms with Gasteiger partial charge >= 0.3 is 24.3 Å². The second-order valence-electron chi connectivity index (χ2n) is 11.5. The Morgan fingerprint density at radius 2 is 1.53 bits per heavy atom. The number of halogens is 7. The molecule has 19 heteroatoms. The summed E-state index contributed by atoms with van der Waals surface area (Å²) in [4.78, 5) is 37.3. The summed E-state index contributed by atoms with van der Waals surface area (Å²) in [7, 11) is -3.60. The highest BCUT2D eigenvalue weighted by Crippen LogP contribution is 2.35. The number of carboxylic acid groups (broad SMARTS) is 2. The van der Waals surface area contributed by atoms with Gasteiger partial charge in [0.2, 0.25) is 15.9 Å². The molecule has 3 aromatic rings. The molecule has 2 aliphatic rings. The van der Waals surface area contributed by atoms with E-state index in [1.165, 1.54) is 6.07 Å². The van der Waals surface area contributed by atoms with Crippen LogP contribution in [0.1, 0.15) is 35.4 Å². The molecule has 11 nitrogen and oxygen atoms in total. The molecule has 5 rings (SSSR count). The Balaban J connectivity index is 0.000000424. The number of carbonyl (C=O) groups is 3. The topological polar surface area (TPSA) is 166 Å². The van der Waals surface area contributed by atoms with E-state index in [1.807, 2.05) is 29.3 Å². The molecule has 278 valence electrons. The van der Waals surface area contributed by atoms with Gasteiger partial charge in [0.1, 0.15) is 5.82 Å². The first-order valence-corrected chi connectivity index (χ1v) is 16.6. The van der Waals surface area contributed by atoms with Crippen molar-refractivity contribution in [1.82, 2.24) is 19.9 Å². The number of carbonyl (C=O) groups excluding carboxylic acids is 1. The lowest BCUT2D eigenvalue weighted by Crippen LogP contribution is -2.46. The highest BCUT2D eigenvalue weighted by Gasteiger charge is 2.39. The van der Waals surface area contributed by atoms with E-state index >= 15 is 0 Å². The van der Waals surface area contributed by atoms with E-state index in [-0.39, 0.29) is 41.2 Å². The predicted molar refractivity (Wildman–Crippen MR) is 166 cm³/mol. The Morgan fingerprint density at radius 1 is 0.902 bits per heavy atom. The molecule has 2 aromatic carbocycles. The number of hydrogen-bond acceptors (Lipinski definition) is 7. The molecular formula is C32H33F7N4O7S. The van der Waals surface area contributed by atoms with Gasteiger partial charge in [-0.25, -0.2) is 27.1 Å². The van der Waals surface area contributed by atoms with Gasteiger partial charge in [-0.1, -0.05) is 30.3 Å². The number of aliphatic carboxylic acids is 2. The molecule has 4 N–H and O–H groups in total. The number of nitrogens with zero attached hydrogens (tertiary/aromatic N) is 2. The van der Waals surface area contributed by atoms with Crippen molar-refractivity contribution in [1.29, 1.82) is 0 Å². The number of fused-ring (bicyclic) bond motifs is 1. The van der Waals surface area contributed by atoms with E-state index in [4.69, 9.17) is 19.8 Å². The minimum Gasteiger partial charge on any atom is -0.475 e. The zero-order chi connectivity index (χ0) is 38.0. The third-order valence-electron chi connectivity index (χ3n) is 7.74. The molecule has 51 heavy (non-hydrogen) atoms. The minimum absolute atomic E-state index is 0.0153. The number of carboxylic acids is 2. The van der Waals surface area contributed by atoms with Crippen LogP contribution >= 0.6 is 0 Å². The second-order valence-corrected chi connectivity index (χ2v) is 13.2. The molecule has 1 aromatic heterocycles. The van der Waals surface area contributed by atoms with Crippen LogP contribution in [0, 0.1) is 5.82 Å². The molecule has 2 heterocycles. The lowest BCUT2D eigenvalue weighted by atomic mass is 9.76. The van der Waals surface area contributed by atoms with Crippen LogP contribution in [0.3, 0.4) is 0 Å². The predicted octanol–water partition coefficient (Wildman–Crippen LogP) is 4.30. The average Bonchev–Trinajstić information content (AvgIpc) is 3.48. The number of alkyl halides is 6. The van der Waals surface area contributed by atoms with Gasteiger partial charge < -0.3 is 15.5 Å². The van der Waals surface area contributed by atoms with Crippen LogP contribution in [0.5, 0.6) is 0 Å². The third-order valence-corrected chi connectivity index (χ3v) is 9.28. The maximum absolute atomic E-state index is 13.9. The molecule has 0 bridgehead atoms. The number of benzene rings is 2. The Kier molecular flexibility index (Phi) is 14.0. The Hall–Kier alpha value is -4.62. The summed E-state index contributed by atoms with van der Waals surface area (Å²) < 4.78 is 105. The summed E-state index contributed by atoms with van der Waals surface area (Å²) in [5, 5.41) is 17.5. The lowest BCUT2D eigenvalue weighted by molar-refractivity contribution is -0.193. The van der Waals surface area contributed by atoms with Crippen molar-refractivity contribution in [3.8, 4) is 0 Å². The van der Waals surface area contributed by atoms with Crippen molar-refractivity contribution in [3.63, 3.8) is 0 Å². The van der Waals surface area contributed by atoms with Crippen LogP contribution in [0.2, 0.25) is 0 Å². The molecule has 0 spiro atoms. The first kappa shape index (κ1) is 40.8. The number of aromatic nitrogens is 1.